The first kappa shape index (κ1) is 13.8. The van der Waals surface area contributed by atoms with Gasteiger partial charge in [0.1, 0.15) is 0 Å². The van der Waals surface area contributed by atoms with Gasteiger partial charge in [-0.3, -0.25) is 0 Å². The molecule has 2 atom stereocenters. The maximum absolute atomic E-state index is 3.86. The van der Waals surface area contributed by atoms with E-state index in [1.807, 2.05) is 11.3 Å². The number of hydrogen-bond donors (Lipinski definition) is 1. The van der Waals surface area contributed by atoms with Gasteiger partial charge in [0.15, 0.2) is 0 Å². The summed E-state index contributed by atoms with van der Waals surface area (Å²) in [4.78, 5) is 1.51. The Labute approximate surface area is 126 Å². The summed E-state index contributed by atoms with van der Waals surface area (Å²) >= 11 is 1.89. The lowest BCUT2D eigenvalue weighted by atomic mass is 10.0. The molecule has 3 rings (SSSR count). The van der Waals surface area contributed by atoms with Crippen LogP contribution in [0.1, 0.15) is 42.7 Å². The number of nitrogens with one attached hydrogen (secondary N) is 1. The highest BCUT2D eigenvalue weighted by atomic mass is 32.1. The van der Waals surface area contributed by atoms with Gasteiger partial charge >= 0.3 is 0 Å². The Hall–Kier alpha value is -1.12. The van der Waals surface area contributed by atoms with Crippen LogP contribution in [0.15, 0.2) is 47.8 Å². The van der Waals surface area contributed by atoms with Crippen molar-refractivity contribution in [1.82, 2.24) is 5.32 Å². The van der Waals surface area contributed by atoms with E-state index in [-0.39, 0.29) is 0 Å². The van der Waals surface area contributed by atoms with Crippen molar-refractivity contribution in [3.8, 4) is 0 Å². The fourth-order valence-electron chi connectivity index (χ4n) is 2.77. The van der Waals surface area contributed by atoms with E-state index in [9.17, 15) is 0 Å². The van der Waals surface area contributed by atoms with E-state index in [2.05, 4.69) is 60.1 Å². The first-order valence-electron chi connectivity index (χ1n) is 7.66. The zero-order valence-electron chi connectivity index (χ0n) is 12.1. The van der Waals surface area contributed by atoms with Gasteiger partial charge in [-0.2, -0.15) is 0 Å². The summed E-state index contributed by atoms with van der Waals surface area (Å²) in [5, 5.41) is 6.06. The summed E-state index contributed by atoms with van der Waals surface area (Å²) in [6.45, 7) is 2.33. The number of aryl methyl sites for hydroxylation is 1. The molecule has 0 saturated heterocycles. The van der Waals surface area contributed by atoms with Crippen LogP contribution < -0.4 is 5.32 Å². The minimum Gasteiger partial charge on any atom is -0.306 e. The third kappa shape index (κ3) is 3.71. The zero-order valence-corrected chi connectivity index (χ0v) is 12.9. The molecule has 0 radical (unpaired) electrons. The highest BCUT2D eigenvalue weighted by molar-refractivity contribution is 7.10. The predicted molar refractivity (Wildman–Crippen MR) is 87.1 cm³/mol. The quantitative estimate of drug-likeness (QED) is 0.769. The van der Waals surface area contributed by atoms with E-state index < -0.39 is 0 Å². The Bertz CT molecular complexity index is 501. The van der Waals surface area contributed by atoms with Crippen LogP contribution in [0, 0.1) is 5.92 Å². The fourth-order valence-corrected chi connectivity index (χ4v) is 3.64. The molecule has 106 valence electrons. The molecular formula is C18H23NS. The topological polar surface area (TPSA) is 12.0 Å². The molecule has 1 aliphatic carbocycles. The molecule has 1 nitrogen and oxygen atoms in total. The molecule has 1 aromatic carbocycles. The number of rotatable bonds is 7. The normalized spacial score (nSPS) is 17.9. The molecule has 1 heterocycles. The van der Waals surface area contributed by atoms with Crippen molar-refractivity contribution in [1.29, 1.82) is 0 Å². The molecule has 2 aromatic rings. The third-order valence-corrected chi connectivity index (χ3v) is 5.07. The van der Waals surface area contributed by atoms with Gasteiger partial charge in [0.2, 0.25) is 0 Å². The minimum atomic E-state index is 0.572. The third-order valence-electron chi connectivity index (χ3n) is 4.12. The maximum Gasteiger partial charge on any atom is 0.0445 e. The molecule has 0 amide bonds. The Morgan fingerprint density at radius 1 is 1.15 bits per heavy atom. The van der Waals surface area contributed by atoms with Crippen LogP contribution in [0.3, 0.4) is 0 Å². The predicted octanol–water partition coefficient (Wildman–Crippen LogP) is 4.81. The first-order valence-corrected chi connectivity index (χ1v) is 8.54. The fraction of sp³-hybridized carbons (Fsp3) is 0.444. The molecule has 20 heavy (non-hydrogen) atoms. The average molecular weight is 285 g/mol. The highest BCUT2D eigenvalue weighted by Crippen LogP contribution is 2.42. The molecule has 2 heteroatoms. The molecule has 0 spiro atoms. The smallest absolute Gasteiger partial charge is 0.0445 e. The van der Waals surface area contributed by atoms with E-state index in [1.165, 1.54) is 29.7 Å². The van der Waals surface area contributed by atoms with E-state index in [1.54, 1.807) is 0 Å². The summed E-state index contributed by atoms with van der Waals surface area (Å²) in [6, 6.07) is 16.4. The average Bonchev–Trinajstić information content (AvgIpc) is 3.18. The molecule has 1 aliphatic rings. The van der Waals surface area contributed by atoms with Crippen LogP contribution in [-0.2, 0) is 6.42 Å². The standard InChI is InChI=1S/C18H23NS/c1-14(9-10-15-6-3-2-4-7-15)19-18(16-11-12-16)17-8-5-13-20-17/h2-8,13-14,16,18-19H,9-12H2,1H3. The van der Waals surface area contributed by atoms with Crippen LogP contribution in [0.5, 0.6) is 0 Å². The summed E-state index contributed by atoms with van der Waals surface area (Å²) in [6.07, 6.45) is 5.15. The van der Waals surface area contributed by atoms with Gasteiger partial charge in [0, 0.05) is 17.0 Å². The molecule has 2 unspecified atom stereocenters. The van der Waals surface area contributed by atoms with Gasteiger partial charge in [-0.15, -0.1) is 11.3 Å². The van der Waals surface area contributed by atoms with E-state index >= 15 is 0 Å². The Kier molecular flexibility index (Phi) is 4.54. The zero-order chi connectivity index (χ0) is 13.8. The Balaban J connectivity index is 1.53. The summed E-state index contributed by atoms with van der Waals surface area (Å²) in [5.41, 5.74) is 1.44. The molecule has 0 bridgehead atoms. The maximum atomic E-state index is 3.86. The van der Waals surface area contributed by atoms with Gasteiger partial charge < -0.3 is 5.32 Å². The Morgan fingerprint density at radius 2 is 1.95 bits per heavy atom. The van der Waals surface area contributed by atoms with Crippen LogP contribution >= 0.6 is 11.3 Å². The van der Waals surface area contributed by atoms with Crippen LogP contribution in [0.4, 0.5) is 0 Å². The van der Waals surface area contributed by atoms with E-state index in [0.29, 0.717) is 12.1 Å². The molecule has 1 saturated carbocycles. The van der Waals surface area contributed by atoms with Crippen molar-refractivity contribution in [3.05, 3.63) is 58.3 Å². The van der Waals surface area contributed by atoms with Gasteiger partial charge in [-0.05, 0) is 55.5 Å². The highest BCUT2D eigenvalue weighted by Gasteiger charge is 2.33. The number of thiophene rings is 1. The molecule has 1 fully saturated rings. The number of hydrogen-bond acceptors (Lipinski definition) is 2. The molecular weight excluding hydrogens is 262 g/mol. The van der Waals surface area contributed by atoms with Crippen molar-refractivity contribution in [2.24, 2.45) is 5.92 Å². The van der Waals surface area contributed by atoms with Crippen molar-refractivity contribution in [2.45, 2.75) is 44.7 Å². The van der Waals surface area contributed by atoms with Crippen molar-refractivity contribution >= 4 is 11.3 Å². The van der Waals surface area contributed by atoms with Crippen molar-refractivity contribution in [3.63, 3.8) is 0 Å². The minimum absolute atomic E-state index is 0.572. The molecule has 0 aliphatic heterocycles. The van der Waals surface area contributed by atoms with Crippen molar-refractivity contribution < 1.29 is 0 Å². The van der Waals surface area contributed by atoms with Crippen LogP contribution in [0.25, 0.3) is 0 Å². The first-order chi connectivity index (χ1) is 9.83. The second-order valence-electron chi connectivity index (χ2n) is 5.92. The SMILES string of the molecule is CC(CCc1ccccc1)NC(c1cccs1)C1CC1. The van der Waals surface area contributed by atoms with E-state index in [0.717, 1.165) is 12.3 Å². The molecule has 1 aromatic heterocycles. The van der Waals surface area contributed by atoms with Gasteiger partial charge in [0.05, 0.1) is 0 Å². The van der Waals surface area contributed by atoms with Crippen molar-refractivity contribution in [2.75, 3.05) is 0 Å². The lowest BCUT2D eigenvalue weighted by Crippen LogP contribution is -2.31. The monoisotopic (exact) mass is 285 g/mol. The summed E-state index contributed by atoms with van der Waals surface area (Å²) < 4.78 is 0. The second kappa shape index (κ2) is 6.55. The second-order valence-corrected chi connectivity index (χ2v) is 6.90. The lowest BCUT2D eigenvalue weighted by Gasteiger charge is -2.22. The number of benzene rings is 1. The van der Waals surface area contributed by atoms with Gasteiger partial charge in [-0.25, -0.2) is 0 Å². The Morgan fingerprint density at radius 3 is 2.60 bits per heavy atom. The van der Waals surface area contributed by atoms with Crippen LogP contribution in [0.2, 0.25) is 0 Å². The summed E-state index contributed by atoms with van der Waals surface area (Å²) in [7, 11) is 0. The lowest BCUT2D eigenvalue weighted by molar-refractivity contribution is 0.408. The van der Waals surface area contributed by atoms with E-state index in [4.69, 9.17) is 0 Å². The summed E-state index contributed by atoms with van der Waals surface area (Å²) in [5.74, 6) is 0.868. The van der Waals surface area contributed by atoms with Gasteiger partial charge in [-0.1, -0.05) is 36.4 Å². The van der Waals surface area contributed by atoms with Gasteiger partial charge in [0.25, 0.3) is 0 Å². The van der Waals surface area contributed by atoms with Crippen LogP contribution in [-0.4, -0.2) is 6.04 Å². The molecule has 1 N–H and O–H groups in total. The largest absolute Gasteiger partial charge is 0.306 e.